The Kier molecular flexibility index (Phi) is 6.27. The van der Waals surface area contributed by atoms with Crippen molar-refractivity contribution in [3.63, 3.8) is 0 Å². The number of rotatable bonds is 8. The number of imidazole rings is 1. The minimum absolute atomic E-state index is 0.253. The van der Waals surface area contributed by atoms with Crippen LogP contribution in [0.2, 0.25) is 0 Å². The zero-order valence-electron chi connectivity index (χ0n) is 19.5. The van der Waals surface area contributed by atoms with Crippen LogP contribution in [0, 0.1) is 13.8 Å². The smallest absolute Gasteiger partial charge is 0.274 e. The van der Waals surface area contributed by atoms with Crippen molar-refractivity contribution < 1.29 is 14.1 Å². The second kappa shape index (κ2) is 9.64. The third kappa shape index (κ3) is 4.79. The van der Waals surface area contributed by atoms with Gasteiger partial charge in [0.25, 0.3) is 5.91 Å². The van der Waals surface area contributed by atoms with Gasteiger partial charge in [0, 0.05) is 37.0 Å². The Morgan fingerprint density at radius 3 is 2.82 bits per heavy atom. The lowest BCUT2D eigenvalue weighted by molar-refractivity contribution is 0.102. The van der Waals surface area contributed by atoms with Crippen molar-refractivity contribution in [1.29, 1.82) is 0 Å². The van der Waals surface area contributed by atoms with Gasteiger partial charge in [-0.1, -0.05) is 17.3 Å². The molecule has 5 rings (SSSR count). The second-order valence-electron chi connectivity index (χ2n) is 8.61. The lowest BCUT2D eigenvalue weighted by Gasteiger charge is -2.14. The van der Waals surface area contributed by atoms with Crippen LogP contribution in [-0.4, -0.2) is 56.6 Å². The van der Waals surface area contributed by atoms with Gasteiger partial charge in [-0.25, -0.2) is 4.98 Å². The van der Waals surface area contributed by atoms with Crippen molar-refractivity contribution >= 4 is 17.2 Å². The second-order valence-corrected chi connectivity index (χ2v) is 8.61. The first kappa shape index (κ1) is 22.1. The Balaban J connectivity index is 1.25. The molecule has 1 aliphatic rings. The summed E-state index contributed by atoms with van der Waals surface area (Å²) >= 11 is 0. The minimum Gasteiger partial charge on any atom is -0.493 e. The molecule has 0 atom stereocenters. The number of fused-ring (bicyclic) bond motifs is 1. The summed E-state index contributed by atoms with van der Waals surface area (Å²) in [6.07, 6.45) is 6.99. The van der Waals surface area contributed by atoms with Gasteiger partial charge < -0.3 is 19.5 Å². The molecule has 0 radical (unpaired) electrons. The molecule has 4 aromatic rings. The number of aryl methyl sites for hydroxylation is 2. The SMILES string of the molecule is Cc1nc(-c2ccc(C)c(NC(=O)c3cnc4cc(OCCCN5CCCC5)ccn34)c2)no1. The number of likely N-dealkylation sites (tertiary alicyclic amines) is 1. The molecule has 176 valence electrons. The molecule has 1 aromatic carbocycles. The maximum Gasteiger partial charge on any atom is 0.274 e. The Morgan fingerprint density at radius 1 is 1.18 bits per heavy atom. The van der Waals surface area contributed by atoms with E-state index in [0.717, 1.165) is 29.8 Å². The maximum atomic E-state index is 13.1. The normalized spacial score (nSPS) is 14.1. The van der Waals surface area contributed by atoms with Gasteiger partial charge in [0.1, 0.15) is 17.1 Å². The molecule has 3 aromatic heterocycles. The van der Waals surface area contributed by atoms with Crippen molar-refractivity contribution in [2.24, 2.45) is 0 Å². The highest BCUT2D eigenvalue weighted by molar-refractivity contribution is 6.04. The average Bonchev–Trinajstić information content (AvgIpc) is 3.59. The lowest BCUT2D eigenvalue weighted by atomic mass is 10.1. The van der Waals surface area contributed by atoms with Crippen molar-refractivity contribution in [2.75, 3.05) is 31.6 Å². The quantitative estimate of drug-likeness (QED) is 0.395. The molecular formula is C25H28N6O3. The minimum atomic E-state index is -0.253. The summed E-state index contributed by atoms with van der Waals surface area (Å²) in [5, 5.41) is 6.94. The summed E-state index contributed by atoms with van der Waals surface area (Å²) in [5.74, 6) is 1.47. The van der Waals surface area contributed by atoms with Gasteiger partial charge in [-0.2, -0.15) is 4.98 Å². The van der Waals surface area contributed by atoms with Crippen LogP contribution in [0.15, 0.2) is 47.2 Å². The number of ether oxygens (including phenoxy) is 1. The number of nitrogens with zero attached hydrogens (tertiary/aromatic N) is 5. The Bertz CT molecular complexity index is 1310. The fourth-order valence-corrected chi connectivity index (χ4v) is 4.20. The van der Waals surface area contributed by atoms with Gasteiger partial charge in [-0.15, -0.1) is 0 Å². The third-order valence-corrected chi connectivity index (χ3v) is 6.07. The molecule has 1 fully saturated rings. The summed E-state index contributed by atoms with van der Waals surface area (Å²) in [4.78, 5) is 24.2. The number of nitrogens with one attached hydrogen (secondary N) is 1. The molecule has 9 heteroatoms. The molecule has 0 aliphatic carbocycles. The molecule has 1 N–H and O–H groups in total. The summed E-state index contributed by atoms with van der Waals surface area (Å²) in [6, 6.07) is 9.38. The fourth-order valence-electron chi connectivity index (χ4n) is 4.20. The first-order valence-corrected chi connectivity index (χ1v) is 11.6. The average molecular weight is 461 g/mol. The standard InChI is InChI=1S/C25H28N6O3/c1-17-6-7-19(24-27-18(2)34-29-24)14-21(17)28-25(32)22-16-26-23-15-20(8-12-31(22)23)33-13-5-11-30-9-3-4-10-30/h6-8,12,14-16H,3-5,9-11,13H2,1-2H3,(H,28,32). The van der Waals surface area contributed by atoms with E-state index in [0.29, 0.717) is 35.4 Å². The van der Waals surface area contributed by atoms with Crippen molar-refractivity contribution in [2.45, 2.75) is 33.1 Å². The number of hydrogen-bond donors (Lipinski definition) is 1. The molecule has 1 aliphatic heterocycles. The van der Waals surface area contributed by atoms with Crippen LogP contribution in [0.25, 0.3) is 17.0 Å². The molecule has 0 bridgehead atoms. The van der Waals surface area contributed by atoms with E-state index >= 15 is 0 Å². The molecule has 4 heterocycles. The molecule has 34 heavy (non-hydrogen) atoms. The maximum absolute atomic E-state index is 13.1. The van der Waals surface area contributed by atoms with Crippen LogP contribution >= 0.6 is 0 Å². The number of amides is 1. The number of carbonyl (C=O) groups excluding carboxylic acids is 1. The molecule has 9 nitrogen and oxygen atoms in total. The highest BCUT2D eigenvalue weighted by atomic mass is 16.5. The van der Waals surface area contributed by atoms with Gasteiger partial charge in [-0.05, 0) is 57.0 Å². The number of aromatic nitrogens is 4. The van der Waals surface area contributed by atoms with Crippen molar-refractivity contribution in [1.82, 2.24) is 24.4 Å². The van der Waals surface area contributed by atoms with E-state index in [1.807, 2.05) is 43.5 Å². The molecule has 0 saturated carbocycles. The van der Waals surface area contributed by atoms with Crippen LogP contribution in [0.5, 0.6) is 5.75 Å². The first-order chi connectivity index (χ1) is 16.6. The van der Waals surface area contributed by atoms with Crippen molar-refractivity contribution in [3.05, 3.63) is 59.9 Å². The van der Waals surface area contributed by atoms with Crippen LogP contribution in [0.1, 0.15) is 41.2 Å². The lowest BCUT2D eigenvalue weighted by Crippen LogP contribution is -2.21. The zero-order valence-corrected chi connectivity index (χ0v) is 19.5. The van der Waals surface area contributed by atoms with E-state index in [-0.39, 0.29) is 5.91 Å². The summed E-state index contributed by atoms with van der Waals surface area (Å²) in [5.41, 5.74) is 3.47. The van der Waals surface area contributed by atoms with E-state index in [4.69, 9.17) is 9.26 Å². The molecular weight excluding hydrogens is 432 g/mol. The van der Waals surface area contributed by atoms with Crippen LogP contribution in [-0.2, 0) is 0 Å². The molecule has 0 unspecified atom stereocenters. The Labute approximate surface area is 197 Å². The predicted octanol–water partition coefficient (Wildman–Crippen LogP) is 4.12. The highest BCUT2D eigenvalue weighted by Gasteiger charge is 2.16. The summed E-state index contributed by atoms with van der Waals surface area (Å²) in [7, 11) is 0. The zero-order chi connectivity index (χ0) is 23.5. The predicted molar refractivity (Wildman–Crippen MR) is 128 cm³/mol. The van der Waals surface area contributed by atoms with E-state index in [9.17, 15) is 4.79 Å². The monoisotopic (exact) mass is 460 g/mol. The Morgan fingerprint density at radius 2 is 2.03 bits per heavy atom. The topological polar surface area (TPSA) is 97.8 Å². The van der Waals surface area contributed by atoms with E-state index < -0.39 is 0 Å². The van der Waals surface area contributed by atoms with Gasteiger partial charge >= 0.3 is 0 Å². The number of anilines is 1. The first-order valence-electron chi connectivity index (χ1n) is 11.6. The van der Waals surface area contributed by atoms with E-state index in [1.54, 1.807) is 17.5 Å². The van der Waals surface area contributed by atoms with Gasteiger partial charge in [0.15, 0.2) is 0 Å². The fraction of sp³-hybridized carbons (Fsp3) is 0.360. The van der Waals surface area contributed by atoms with E-state index in [1.165, 1.54) is 25.9 Å². The largest absolute Gasteiger partial charge is 0.493 e. The van der Waals surface area contributed by atoms with Gasteiger partial charge in [-0.3, -0.25) is 9.20 Å². The number of benzene rings is 1. The summed E-state index contributed by atoms with van der Waals surface area (Å²) < 4.78 is 12.7. The number of hydrogen-bond acceptors (Lipinski definition) is 7. The van der Waals surface area contributed by atoms with Gasteiger partial charge in [0.2, 0.25) is 11.7 Å². The number of pyridine rings is 1. The van der Waals surface area contributed by atoms with Crippen LogP contribution in [0.3, 0.4) is 0 Å². The molecule has 0 spiro atoms. The van der Waals surface area contributed by atoms with E-state index in [2.05, 4.69) is 25.3 Å². The van der Waals surface area contributed by atoms with Crippen LogP contribution in [0.4, 0.5) is 5.69 Å². The Hall–Kier alpha value is -3.72. The summed E-state index contributed by atoms with van der Waals surface area (Å²) in [6.45, 7) is 7.81. The van der Waals surface area contributed by atoms with Crippen LogP contribution < -0.4 is 10.1 Å². The van der Waals surface area contributed by atoms with Gasteiger partial charge in [0.05, 0.1) is 12.8 Å². The molecule has 1 amide bonds. The number of carbonyl (C=O) groups is 1. The van der Waals surface area contributed by atoms with Crippen molar-refractivity contribution in [3.8, 4) is 17.1 Å². The molecule has 1 saturated heterocycles. The third-order valence-electron chi connectivity index (χ3n) is 6.07. The highest BCUT2D eigenvalue weighted by Crippen LogP contribution is 2.24.